The van der Waals surface area contributed by atoms with Gasteiger partial charge in [0, 0.05) is 6.20 Å². The molecule has 3 nitrogen and oxygen atoms in total. The summed E-state index contributed by atoms with van der Waals surface area (Å²) < 4.78 is 48.7. The van der Waals surface area contributed by atoms with E-state index in [1.54, 1.807) is 10.5 Å². The quantitative estimate of drug-likeness (QED) is 0.611. The molecule has 0 bridgehead atoms. The van der Waals surface area contributed by atoms with Crippen LogP contribution < -0.4 is 4.74 Å². The summed E-state index contributed by atoms with van der Waals surface area (Å²) in [5.74, 6) is -2.84. The average molecular weight is 385 g/mol. The summed E-state index contributed by atoms with van der Waals surface area (Å²) in [6.45, 7) is 3.25. The number of fused-ring (bicyclic) bond motifs is 1. The van der Waals surface area contributed by atoms with Crippen molar-refractivity contribution in [3.05, 3.63) is 63.3 Å². The fraction of sp³-hybridized carbons (Fsp3) is 0.188. The highest BCUT2D eigenvalue weighted by Gasteiger charge is 2.16. The van der Waals surface area contributed by atoms with E-state index in [1.165, 1.54) is 0 Å². The SMILES string of the molecule is Cc1cc(OCc2c(F)ccc(F)c2F)c2nc(C)c(Br)n2c1. The predicted octanol–water partition coefficient (Wildman–Crippen LogP) is 4.71. The molecule has 1 aromatic carbocycles. The summed E-state index contributed by atoms with van der Waals surface area (Å²) in [5.41, 5.74) is 1.69. The van der Waals surface area contributed by atoms with Gasteiger partial charge in [-0.05, 0) is 53.5 Å². The van der Waals surface area contributed by atoms with Gasteiger partial charge in [-0.1, -0.05) is 0 Å². The predicted molar refractivity (Wildman–Crippen MR) is 83.0 cm³/mol. The van der Waals surface area contributed by atoms with E-state index in [4.69, 9.17) is 4.74 Å². The van der Waals surface area contributed by atoms with Gasteiger partial charge in [0.2, 0.25) is 0 Å². The van der Waals surface area contributed by atoms with Gasteiger partial charge < -0.3 is 4.74 Å². The molecule has 0 aliphatic carbocycles. The largest absolute Gasteiger partial charge is 0.485 e. The lowest BCUT2D eigenvalue weighted by Crippen LogP contribution is -2.05. The average Bonchev–Trinajstić information content (AvgIpc) is 2.79. The van der Waals surface area contributed by atoms with Gasteiger partial charge in [0.05, 0.1) is 11.3 Å². The van der Waals surface area contributed by atoms with Gasteiger partial charge in [0.15, 0.2) is 23.0 Å². The molecule has 0 atom stereocenters. The number of hydrogen-bond acceptors (Lipinski definition) is 2. The molecule has 120 valence electrons. The molecule has 0 aliphatic rings. The van der Waals surface area contributed by atoms with E-state index in [2.05, 4.69) is 20.9 Å². The van der Waals surface area contributed by atoms with Crippen molar-refractivity contribution in [1.82, 2.24) is 9.38 Å². The van der Waals surface area contributed by atoms with Crippen LogP contribution in [-0.4, -0.2) is 9.38 Å². The van der Waals surface area contributed by atoms with E-state index in [1.807, 2.05) is 20.0 Å². The van der Waals surface area contributed by atoms with Crippen molar-refractivity contribution in [1.29, 1.82) is 0 Å². The van der Waals surface area contributed by atoms with Gasteiger partial charge >= 0.3 is 0 Å². The molecule has 3 rings (SSSR count). The molecule has 0 spiro atoms. The van der Waals surface area contributed by atoms with Crippen LogP contribution in [0.25, 0.3) is 5.65 Å². The molecule has 0 saturated carbocycles. The third-order valence-electron chi connectivity index (χ3n) is 3.43. The number of nitrogens with zero attached hydrogens (tertiary/aromatic N) is 2. The molecule has 2 aromatic heterocycles. The van der Waals surface area contributed by atoms with Crippen LogP contribution in [-0.2, 0) is 6.61 Å². The van der Waals surface area contributed by atoms with Gasteiger partial charge in [-0.2, -0.15) is 0 Å². The number of ether oxygens (including phenoxy) is 1. The van der Waals surface area contributed by atoms with Crippen LogP contribution in [0.1, 0.15) is 16.8 Å². The van der Waals surface area contributed by atoms with Crippen molar-refractivity contribution >= 4 is 21.6 Å². The summed E-state index contributed by atoms with van der Waals surface area (Å²) in [6, 6.07) is 3.33. The Balaban J connectivity index is 2.00. The summed E-state index contributed by atoms with van der Waals surface area (Å²) in [5, 5.41) is 0. The molecule has 7 heteroatoms. The first-order valence-corrected chi connectivity index (χ1v) is 7.57. The summed E-state index contributed by atoms with van der Waals surface area (Å²) in [6.07, 6.45) is 1.86. The van der Waals surface area contributed by atoms with Crippen molar-refractivity contribution in [2.24, 2.45) is 0 Å². The monoisotopic (exact) mass is 384 g/mol. The molecule has 0 aliphatic heterocycles. The maximum absolute atomic E-state index is 13.7. The second-order valence-corrected chi connectivity index (χ2v) is 5.92. The molecule has 0 amide bonds. The lowest BCUT2D eigenvalue weighted by Gasteiger charge is -2.10. The van der Waals surface area contributed by atoms with Crippen molar-refractivity contribution < 1.29 is 17.9 Å². The molecule has 23 heavy (non-hydrogen) atoms. The van der Waals surface area contributed by atoms with Gasteiger partial charge in [0.25, 0.3) is 0 Å². The van der Waals surface area contributed by atoms with Crippen LogP contribution in [0.15, 0.2) is 29.0 Å². The maximum Gasteiger partial charge on any atom is 0.180 e. The highest BCUT2D eigenvalue weighted by Crippen LogP contribution is 2.28. The highest BCUT2D eigenvalue weighted by molar-refractivity contribution is 9.10. The summed E-state index contributed by atoms with van der Waals surface area (Å²) in [7, 11) is 0. The third kappa shape index (κ3) is 2.81. The van der Waals surface area contributed by atoms with Crippen LogP contribution in [0.5, 0.6) is 5.75 Å². The van der Waals surface area contributed by atoms with Gasteiger partial charge in [-0.25, -0.2) is 18.2 Å². The van der Waals surface area contributed by atoms with E-state index in [9.17, 15) is 13.2 Å². The topological polar surface area (TPSA) is 26.5 Å². The van der Waals surface area contributed by atoms with Crippen molar-refractivity contribution in [2.75, 3.05) is 0 Å². The lowest BCUT2D eigenvalue weighted by atomic mass is 10.2. The molecule has 2 heterocycles. The minimum absolute atomic E-state index is 0.363. The van der Waals surface area contributed by atoms with Crippen molar-refractivity contribution in [3.63, 3.8) is 0 Å². The van der Waals surface area contributed by atoms with E-state index in [0.717, 1.165) is 28.0 Å². The number of hydrogen-bond donors (Lipinski definition) is 0. The number of rotatable bonds is 3. The Kier molecular flexibility index (Phi) is 4.06. The normalized spacial score (nSPS) is 11.2. The fourth-order valence-electron chi connectivity index (χ4n) is 2.29. The fourth-order valence-corrected chi connectivity index (χ4v) is 2.65. The van der Waals surface area contributed by atoms with Gasteiger partial charge in [-0.3, -0.25) is 4.40 Å². The molecule has 0 unspecified atom stereocenters. The zero-order chi connectivity index (χ0) is 16.7. The van der Waals surface area contributed by atoms with Crippen LogP contribution in [0, 0.1) is 31.3 Å². The van der Waals surface area contributed by atoms with E-state index >= 15 is 0 Å². The number of halogens is 4. The van der Waals surface area contributed by atoms with Crippen LogP contribution in [0.3, 0.4) is 0 Å². The van der Waals surface area contributed by atoms with Crippen molar-refractivity contribution in [2.45, 2.75) is 20.5 Å². The Labute approximate surface area is 138 Å². The molecule has 0 saturated heterocycles. The Morgan fingerprint density at radius 1 is 1.17 bits per heavy atom. The zero-order valence-corrected chi connectivity index (χ0v) is 13.9. The van der Waals surface area contributed by atoms with Crippen LogP contribution in [0.4, 0.5) is 13.2 Å². The third-order valence-corrected chi connectivity index (χ3v) is 4.39. The first kappa shape index (κ1) is 15.9. The minimum Gasteiger partial charge on any atom is -0.485 e. The Morgan fingerprint density at radius 2 is 1.87 bits per heavy atom. The minimum atomic E-state index is -1.24. The molecule has 0 fully saturated rings. The molecule has 0 N–H and O–H groups in total. The number of aromatic nitrogens is 2. The molecule has 3 aromatic rings. The zero-order valence-electron chi connectivity index (χ0n) is 12.3. The first-order chi connectivity index (χ1) is 10.9. The first-order valence-electron chi connectivity index (χ1n) is 6.78. The van der Waals surface area contributed by atoms with Gasteiger partial charge in [0.1, 0.15) is 17.0 Å². The standard InChI is InChI=1S/C16H12BrF3N2O/c1-8-5-13(16-21-9(2)15(17)22(16)6-8)23-7-10-11(18)3-4-12(19)14(10)20/h3-6H,7H2,1-2H3. The van der Waals surface area contributed by atoms with Crippen LogP contribution in [0.2, 0.25) is 0 Å². The number of imidazole rings is 1. The Morgan fingerprint density at radius 3 is 2.61 bits per heavy atom. The second-order valence-electron chi connectivity index (χ2n) is 5.17. The Hall–Kier alpha value is -2.02. The number of pyridine rings is 1. The van der Waals surface area contributed by atoms with Gasteiger partial charge in [-0.15, -0.1) is 0 Å². The molecule has 0 radical (unpaired) electrons. The number of aryl methyl sites for hydroxylation is 2. The second kappa shape index (κ2) is 5.88. The number of benzene rings is 1. The maximum atomic E-state index is 13.7. The van der Waals surface area contributed by atoms with Crippen molar-refractivity contribution in [3.8, 4) is 5.75 Å². The smallest absolute Gasteiger partial charge is 0.180 e. The summed E-state index contributed by atoms with van der Waals surface area (Å²) in [4.78, 5) is 4.36. The van der Waals surface area contributed by atoms with E-state index in [0.29, 0.717) is 11.4 Å². The Bertz CT molecular complexity index is 908. The molecular weight excluding hydrogens is 373 g/mol. The highest BCUT2D eigenvalue weighted by atomic mass is 79.9. The van der Waals surface area contributed by atoms with Crippen LogP contribution >= 0.6 is 15.9 Å². The summed E-state index contributed by atoms with van der Waals surface area (Å²) >= 11 is 3.42. The van der Waals surface area contributed by atoms with E-state index in [-0.39, 0.29) is 0 Å². The molecular formula is C16H12BrF3N2O. The van der Waals surface area contributed by atoms with E-state index < -0.39 is 29.6 Å². The lowest BCUT2D eigenvalue weighted by molar-refractivity contribution is 0.291.